The number of pyridine rings is 1. The van der Waals surface area contributed by atoms with Gasteiger partial charge < -0.3 is 54.5 Å². The highest BCUT2D eigenvalue weighted by molar-refractivity contribution is 5.99. The number of benzene rings is 2. The lowest BCUT2D eigenvalue weighted by molar-refractivity contribution is -0.341. The van der Waals surface area contributed by atoms with Crippen molar-refractivity contribution >= 4 is 21.8 Å². The van der Waals surface area contributed by atoms with Crippen LogP contribution in [0.5, 0.6) is 11.5 Å². The van der Waals surface area contributed by atoms with Crippen molar-refractivity contribution in [1.82, 2.24) is 4.57 Å². The second-order valence-corrected chi connectivity index (χ2v) is 9.51. The monoisotopic (exact) mass is 519 g/mol. The van der Waals surface area contributed by atoms with Gasteiger partial charge in [0.25, 0.3) is 0 Å². The SMILES string of the molecule is Cn1c2ccccc2c(=O)c2c(O)cc3c(c21)CC(C(CO)(CO)O[C@@H]1O[C@H](CO)[C@@H](O)[C@H](O)[C@H]1O)O3. The lowest BCUT2D eigenvalue weighted by atomic mass is 9.92. The molecule has 200 valence electrons. The van der Waals surface area contributed by atoms with Crippen LogP contribution in [0.2, 0.25) is 0 Å². The van der Waals surface area contributed by atoms with Gasteiger partial charge in [0.05, 0.1) is 36.2 Å². The largest absolute Gasteiger partial charge is 0.507 e. The minimum atomic E-state index is -1.88. The topological polar surface area (TPSA) is 191 Å². The fourth-order valence-electron chi connectivity index (χ4n) is 5.26. The number of hydrogen-bond acceptors (Lipinski definition) is 11. The van der Waals surface area contributed by atoms with Gasteiger partial charge in [-0.05, 0) is 12.1 Å². The summed E-state index contributed by atoms with van der Waals surface area (Å²) in [4.78, 5) is 13.2. The molecule has 1 unspecified atom stereocenters. The highest BCUT2D eigenvalue weighted by Crippen LogP contribution is 2.43. The first kappa shape index (κ1) is 25.8. The van der Waals surface area contributed by atoms with Gasteiger partial charge >= 0.3 is 0 Å². The van der Waals surface area contributed by atoms with Crippen LogP contribution in [-0.2, 0) is 22.9 Å². The average molecular weight is 520 g/mol. The molecular formula is C25H29NO11. The van der Waals surface area contributed by atoms with E-state index in [-0.39, 0.29) is 28.7 Å². The van der Waals surface area contributed by atoms with E-state index < -0.39 is 62.2 Å². The smallest absolute Gasteiger partial charge is 0.200 e. The molecular weight excluding hydrogens is 490 g/mol. The van der Waals surface area contributed by atoms with Crippen molar-refractivity contribution in [1.29, 1.82) is 0 Å². The quantitative estimate of drug-likeness (QED) is 0.183. The number of fused-ring (bicyclic) bond motifs is 4. The number of aliphatic hydroxyl groups excluding tert-OH is 6. The van der Waals surface area contributed by atoms with Crippen molar-refractivity contribution in [2.24, 2.45) is 7.05 Å². The standard InChI is InChI=1S/C25H29NO11/c1-26-13-5-3-2-4-11(13)20(31)18-14(30)7-15-12(19(18)26)6-17(35-15)25(9-28,10-29)37-24-23(34)22(33)21(32)16(8-27)36-24/h2-5,7,16-17,21-24,27-30,32-34H,6,8-10H2,1H3/t16-,17?,21-,22+,23-,24+/m1/s1. The number of para-hydroxylation sites is 1. The van der Waals surface area contributed by atoms with E-state index in [4.69, 9.17) is 14.2 Å². The zero-order valence-electron chi connectivity index (χ0n) is 19.9. The molecule has 6 atom stereocenters. The summed E-state index contributed by atoms with van der Waals surface area (Å²) in [6.07, 6.45) is -9.04. The molecule has 2 aromatic carbocycles. The summed E-state index contributed by atoms with van der Waals surface area (Å²) in [5.74, 6) is -0.0850. The van der Waals surface area contributed by atoms with Crippen LogP contribution in [0.3, 0.4) is 0 Å². The van der Waals surface area contributed by atoms with Gasteiger partial charge in [-0.15, -0.1) is 0 Å². The third-order valence-corrected chi connectivity index (χ3v) is 7.40. The number of ether oxygens (including phenoxy) is 3. The number of hydrogen-bond donors (Lipinski definition) is 7. The fourth-order valence-corrected chi connectivity index (χ4v) is 5.26. The van der Waals surface area contributed by atoms with E-state index in [0.717, 1.165) is 0 Å². The summed E-state index contributed by atoms with van der Waals surface area (Å²) in [6, 6.07) is 8.24. The van der Waals surface area contributed by atoms with Gasteiger partial charge in [0, 0.05) is 30.5 Å². The molecule has 3 heterocycles. The third-order valence-electron chi connectivity index (χ3n) is 7.40. The highest BCUT2D eigenvalue weighted by atomic mass is 16.7. The van der Waals surface area contributed by atoms with Crippen molar-refractivity contribution < 1.29 is 50.0 Å². The van der Waals surface area contributed by atoms with Crippen LogP contribution in [0, 0.1) is 0 Å². The highest BCUT2D eigenvalue weighted by Gasteiger charge is 2.52. The van der Waals surface area contributed by atoms with Gasteiger partial charge in [-0.3, -0.25) is 4.79 Å². The molecule has 0 aliphatic carbocycles. The summed E-state index contributed by atoms with van der Waals surface area (Å²) < 4.78 is 19.0. The van der Waals surface area contributed by atoms with Crippen LogP contribution in [0.15, 0.2) is 35.1 Å². The minimum absolute atomic E-state index is 0.0380. The number of rotatable bonds is 6. The van der Waals surface area contributed by atoms with Crippen molar-refractivity contribution in [3.8, 4) is 11.5 Å². The van der Waals surface area contributed by atoms with Crippen molar-refractivity contribution in [2.75, 3.05) is 19.8 Å². The van der Waals surface area contributed by atoms with Crippen LogP contribution in [0.4, 0.5) is 0 Å². The molecule has 1 aromatic heterocycles. The Morgan fingerprint density at radius 3 is 2.46 bits per heavy atom. The van der Waals surface area contributed by atoms with Gasteiger partial charge in [0.15, 0.2) is 11.9 Å². The van der Waals surface area contributed by atoms with Crippen LogP contribution >= 0.6 is 0 Å². The number of phenols is 1. The molecule has 2 aliphatic heterocycles. The predicted octanol–water partition coefficient (Wildman–Crippen LogP) is -1.76. The number of aryl methyl sites for hydroxylation is 1. The molecule has 12 heteroatoms. The van der Waals surface area contributed by atoms with E-state index in [1.165, 1.54) is 6.07 Å². The molecule has 1 saturated heterocycles. The van der Waals surface area contributed by atoms with E-state index >= 15 is 0 Å². The van der Waals surface area contributed by atoms with Gasteiger partial charge in [0.2, 0.25) is 5.43 Å². The molecule has 0 bridgehead atoms. The van der Waals surface area contributed by atoms with Crippen molar-refractivity contribution in [3.63, 3.8) is 0 Å². The second-order valence-electron chi connectivity index (χ2n) is 9.51. The molecule has 1 fully saturated rings. The van der Waals surface area contributed by atoms with Gasteiger partial charge in [-0.25, -0.2) is 0 Å². The molecule has 7 N–H and O–H groups in total. The third kappa shape index (κ3) is 3.88. The zero-order chi connectivity index (χ0) is 26.6. The maximum Gasteiger partial charge on any atom is 0.200 e. The van der Waals surface area contributed by atoms with E-state index in [2.05, 4.69) is 0 Å². The number of aromatic hydroxyl groups is 1. The Kier molecular flexibility index (Phi) is 6.63. The summed E-state index contributed by atoms with van der Waals surface area (Å²) in [5, 5.41) is 72.0. The van der Waals surface area contributed by atoms with E-state index in [0.29, 0.717) is 22.0 Å². The molecule has 0 saturated carbocycles. The zero-order valence-corrected chi connectivity index (χ0v) is 19.9. The Balaban J connectivity index is 1.56. The minimum Gasteiger partial charge on any atom is -0.507 e. The second kappa shape index (κ2) is 9.49. The average Bonchev–Trinajstić information content (AvgIpc) is 3.34. The molecule has 3 aromatic rings. The van der Waals surface area contributed by atoms with Crippen molar-refractivity contribution in [2.45, 2.75) is 48.8 Å². The molecule has 5 rings (SSSR count). The fraction of sp³-hybridized carbons (Fsp3) is 0.480. The maximum absolute atomic E-state index is 13.2. The summed E-state index contributed by atoms with van der Waals surface area (Å²) >= 11 is 0. The number of phenolic OH excluding ortho intramolecular Hbond substituents is 1. The molecule has 12 nitrogen and oxygen atoms in total. The van der Waals surface area contributed by atoms with E-state index in [1.807, 2.05) is 0 Å². The molecule has 2 aliphatic rings. The van der Waals surface area contributed by atoms with Crippen LogP contribution in [-0.4, -0.2) is 103 Å². The summed E-state index contributed by atoms with van der Waals surface area (Å²) in [7, 11) is 1.74. The first-order valence-electron chi connectivity index (χ1n) is 11.8. The number of nitrogens with zero attached hydrogens (tertiary/aromatic N) is 1. The Labute approximate surface area is 210 Å². The first-order valence-corrected chi connectivity index (χ1v) is 11.8. The lowest BCUT2D eigenvalue weighted by Crippen LogP contribution is -2.64. The Morgan fingerprint density at radius 2 is 1.78 bits per heavy atom. The Morgan fingerprint density at radius 1 is 1.08 bits per heavy atom. The number of aliphatic hydroxyl groups is 6. The van der Waals surface area contributed by atoms with Gasteiger partial charge in [-0.1, -0.05) is 12.1 Å². The van der Waals surface area contributed by atoms with Crippen molar-refractivity contribution in [3.05, 3.63) is 46.1 Å². The molecule has 0 amide bonds. The normalized spacial score (nSPS) is 28.0. The number of aromatic nitrogens is 1. The Hall–Kier alpha value is -2.81. The molecule has 37 heavy (non-hydrogen) atoms. The van der Waals surface area contributed by atoms with E-state index in [1.54, 1.807) is 35.9 Å². The van der Waals surface area contributed by atoms with Gasteiger partial charge in [-0.2, -0.15) is 0 Å². The molecule has 0 radical (unpaired) electrons. The summed E-state index contributed by atoms with van der Waals surface area (Å²) in [6.45, 7) is -2.29. The summed E-state index contributed by atoms with van der Waals surface area (Å²) in [5.41, 5.74) is -0.666. The van der Waals surface area contributed by atoms with Gasteiger partial charge in [0.1, 0.15) is 42.0 Å². The Bertz CT molecular complexity index is 1380. The maximum atomic E-state index is 13.2. The van der Waals surface area contributed by atoms with E-state index in [9.17, 15) is 40.5 Å². The van der Waals surface area contributed by atoms with Crippen LogP contribution < -0.4 is 10.2 Å². The lowest BCUT2D eigenvalue weighted by Gasteiger charge is -2.44. The van der Waals surface area contributed by atoms with Crippen LogP contribution in [0.1, 0.15) is 5.56 Å². The first-order chi connectivity index (χ1) is 17.7. The molecule has 0 spiro atoms. The predicted molar refractivity (Wildman–Crippen MR) is 128 cm³/mol. The van der Waals surface area contributed by atoms with Crippen LogP contribution in [0.25, 0.3) is 21.8 Å².